The van der Waals surface area contributed by atoms with E-state index in [0.717, 1.165) is 39.5 Å². The molecule has 39 heavy (non-hydrogen) atoms. The van der Waals surface area contributed by atoms with Crippen molar-refractivity contribution in [1.82, 2.24) is 9.80 Å². The first-order chi connectivity index (χ1) is 16.6. The van der Waals surface area contributed by atoms with Crippen LogP contribution in [0.1, 0.15) is 131 Å². The molecule has 0 atom stereocenters. The molecule has 6 nitrogen and oxygen atoms in total. The average Bonchev–Trinajstić information content (AvgIpc) is 2.70. The molecule has 0 aromatic heterocycles. The second-order valence-corrected chi connectivity index (χ2v) is 13.0. The lowest BCUT2D eigenvalue weighted by Gasteiger charge is -2.35. The van der Waals surface area contributed by atoms with Crippen LogP contribution in [-0.2, 0) is 19.1 Å². The number of hydrogen-bond donors (Lipinski definition) is 0. The minimum Gasteiger partial charge on any atom is -0.381 e. The molecule has 0 saturated carbocycles. The predicted molar refractivity (Wildman–Crippen MR) is 172 cm³/mol. The monoisotopic (exact) mass is 561 g/mol. The number of likely N-dealkylation sites (tertiary alicyclic amines) is 2. The summed E-state index contributed by atoms with van der Waals surface area (Å²) in [4.78, 5) is 27.2. The highest BCUT2D eigenvalue weighted by Crippen LogP contribution is 2.23. The average molecular weight is 561 g/mol. The Bertz CT molecular complexity index is 601. The molecule has 3 fully saturated rings. The third-order valence-electron chi connectivity index (χ3n) is 6.19. The van der Waals surface area contributed by atoms with E-state index in [9.17, 15) is 9.59 Å². The van der Waals surface area contributed by atoms with Gasteiger partial charge in [0.25, 0.3) is 0 Å². The number of hydrogen-bond acceptors (Lipinski definition) is 5. The maximum atomic E-state index is 11.4. The van der Waals surface area contributed by atoms with E-state index in [1.54, 1.807) is 0 Å². The maximum Gasteiger partial charge on any atom is 0.227 e. The van der Waals surface area contributed by atoms with E-state index in [4.69, 9.17) is 9.47 Å². The van der Waals surface area contributed by atoms with Gasteiger partial charge in [0.2, 0.25) is 5.91 Å². The summed E-state index contributed by atoms with van der Waals surface area (Å²) in [6.45, 7) is 30.2. The van der Waals surface area contributed by atoms with Gasteiger partial charge in [-0.2, -0.15) is 0 Å². The number of ether oxygens (including phenoxy) is 2. The smallest absolute Gasteiger partial charge is 0.227 e. The number of ketones is 1. The Morgan fingerprint density at radius 2 is 1.23 bits per heavy atom. The minimum atomic E-state index is -0.180. The minimum absolute atomic E-state index is 0. The maximum absolute atomic E-state index is 11.4. The van der Waals surface area contributed by atoms with Crippen LogP contribution in [0.15, 0.2) is 0 Å². The fourth-order valence-corrected chi connectivity index (χ4v) is 3.63. The first kappa shape index (κ1) is 45.0. The topological polar surface area (TPSA) is 59.1 Å². The van der Waals surface area contributed by atoms with E-state index in [2.05, 4.69) is 25.7 Å². The molecule has 238 valence electrons. The highest BCUT2D eigenvalue weighted by molar-refractivity contribution is 5.84. The van der Waals surface area contributed by atoms with Gasteiger partial charge in [-0.1, -0.05) is 84.1 Å². The molecule has 0 N–H and O–H groups in total. The van der Waals surface area contributed by atoms with Crippen molar-refractivity contribution in [3.8, 4) is 0 Å². The van der Waals surface area contributed by atoms with Crippen molar-refractivity contribution in [2.45, 2.75) is 136 Å². The van der Waals surface area contributed by atoms with Gasteiger partial charge in [-0.05, 0) is 53.1 Å². The van der Waals surface area contributed by atoms with Gasteiger partial charge in [0.05, 0.1) is 25.4 Å². The number of Topliss-reactive ketones (excluding diaryl/α,β-unsaturated/α-hetero) is 1. The molecule has 3 heterocycles. The predicted octanol–water partition coefficient (Wildman–Crippen LogP) is 8.12. The van der Waals surface area contributed by atoms with Gasteiger partial charge in [0.1, 0.15) is 5.78 Å². The van der Waals surface area contributed by atoms with E-state index in [1.165, 1.54) is 38.8 Å². The van der Waals surface area contributed by atoms with E-state index < -0.39 is 0 Å². The van der Waals surface area contributed by atoms with E-state index in [0.29, 0.717) is 24.0 Å². The summed E-state index contributed by atoms with van der Waals surface area (Å²) >= 11 is 0. The van der Waals surface area contributed by atoms with Crippen LogP contribution in [0.2, 0.25) is 0 Å². The molecule has 0 aromatic carbocycles. The van der Waals surface area contributed by atoms with Crippen molar-refractivity contribution < 1.29 is 19.1 Å². The molecular weight excluding hydrogens is 488 g/mol. The van der Waals surface area contributed by atoms with Crippen LogP contribution in [-0.4, -0.2) is 79.6 Å². The van der Waals surface area contributed by atoms with E-state index >= 15 is 0 Å². The molecule has 0 unspecified atom stereocenters. The van der Waals surface area contributed by atoms with Crippen molar-refractivity contribution in [1.29, 1.82) is 0 Å². The lowest BCUT2D eigenvalue weighted by molar-refractivity contribution is -0.143. The zero-order valence-electron chi connectivity index (χ0n) is 25.8. The van der Waals surface area contributed by atoms with Crippen LogP contribution in [0.25, 0.3) is 0 Å². The number of nitrogens with zero attached hydrogens (tertiary/aromatic N) is 2. The number of amides is 1. The third-order valence-corrected chi connectivity index (χ3v) is 6.19. The van der Waals surface area contributed by atoms with Crippen molar-refractivity contribution in [2.75, 3.05) is 52.5 Å². The van der Waals surface area contributed by atoms with E-state index in [1.807, 2.05) is 60.3 Å². The Morgan fingerprint density at radius 1 is 0.744 bits per heavy atom. The summed E-state index contributed by atoms with van der Waals surface area (Å²) in [5.74, 6) is 1.14. The molecule has 0 radical (unpaired) electrons. The molecule has 0 aliphatic carbocycles. The Hall–Kier alpha value is -0.980. The summed E-state index contributed by atoms with van der Waals surface area (Å²) in [6.07, 6.45) is 6.03. The van der Waals surface area contributed by atoms with Gasteiger partial charge in [-0.15, -0.1) is 0 Å². The van der Waals surface area contributed by atoms with Crippen LogP contribution >= 0.6 is 0 Å². The third kappa shape index (κ3) is 21.4. The van der Waals surface area contributed by atoms with Crippen LogP contribution in [0.3, 0.4) is 0 Å². The SMILES string of the molecule is C.C.C.CC.CC(C)(C)C(=O)CC1COC1.CC(C)(C)C(=O)N1CCC1.CC(C)(C)OCCN1CCCCC1. The quantitative estimate of drug-likeness (QED) is 0.340. The molecular formula is C33H72N2O4. The highest BCUT2D eigenvalue weighted by atomic mass is 16.5. The molecule has 3 rings (SSSR count). The van der Waals surface area contributed by atoms with Crippen molar-refractivity contribution in [2.24, 2.45) is 16.7 Å². The fourth-order valence-electron chi connectivity index (χ4n) is 3.63. The van der Waals surface area contributed by atoms with Crippen molar-refractivity contribution in [3.63, 3.8) is 0 Å². The normalized spacial score (nSPS) is 17.3. The van der Waals surface area contributed by atoms with Gasteiger partial charge in [0, 0.05) is 42.8 Å². The Morgan fingerprint density at radius 3 is 1.51 bits per heavy atom. The first-order valence-corrected chi connectivity index (χ1v) is 14.4. The number of carbonyl (C=O) groups is 2. The molecule has 3 aliphatic heterocycles. The van der Waals surface area contributed by atoms with Gasteiger partial charge in [-0.25, -0.2) is 0 Å². The lowest BCUT2D eigenvalue weighted by Crippen LogP contribution is -2.47. The molecule has 3 aliphatic rings. The van der Waals surface area contributed by atoms with Gasteiger partial charge < -0.3 is 19.3 Å². The molecule has 6 heteroatoms. The molecule has 3 saturated heterocycles. The fraction of sp³-hybridized carbons (Fsp3) is 0.939. The Labute approximate surface area is 246 Å². The molecule has 0 bridgehead atoms. The standard InChI is InChI=1S/C11H23NO.C9H16O2.C8H15NO.C2H6.3CH4/c1-11(2,3)13-10-9-12-7-5-4-6-8-12;1-9(2,3)8(10)4-7-5-11-6-7;1-8(2,3)7(10)9-5-4-6-9;1-2;;;/h4-10H2,1-3H3;7H,4-6H2,1-3H3;4-6H2,1-3H3;1-2H3;3*1H4. The van der Waals surface area contributed by atoms with Crippen LogP contribution in [0.5, 0.6) is 0 Å². The van der Waals surface area contributed by atoms with Crippen LogP contribution in [0.4, 0.5) is 0 Å². The van der Waals surface area contributed by atoms with E-state index in [-0.39, 0.29) is 38.7 Å². The molecule has 0 aromatic rings. The van der Waals surface area contributed by atoms with Gasteiger partial charge in [-0.3, -0.25) is 9.59 Å². The number of piperidine rings is 1. The molecule has 0 spiro atoms. The summed E-state index contributed by atoms with van der Waals surface area (Å²) in [5.41, 5.74) is -0.328. The highest BCUT2D eigenvalue weighted by Gasteiger charge is 2.30. The zero-order chi connectivity index (χ0) is 28.0. The number of rotatable bonds is 5. The summed E-state index contributed by atoms with van der Waals surface area (Å²) in [5, 5.41) is 0. The second kappa shape index (κ2) is 21.7. The van der Waals surface area contributed by atoms with Gasteiger partial charge in [0.15, 0.2) is 0 Å². The second-order valence-electron chi connectivity index (χ2n) is 13.0. The number of carbonyl (C=O) groups excluding carboxylic acids is 2. The summed E-state index contributed by atoms with van der Waals surface area (Å²) < 4.78 is 10.7. The molecule has 1 amide bonds. The van der Waals surface area contributed by atoms with Crippen molar-refractivity contribution in [3.05, 3.63) is 0 Å². The lowest BCUT2D eigenvalue weighted by atomic mass is 9.85. The Balaban J connectivity index is -0.000000221. The summed E-state index contributed by atoms with van der Waals surface area (Å²) in [6, 6.07) is 0. The van der Waals surface area contributed by atoms with Crippen LogP contribution in [0, 0.1) is 16.7 Å². The summed E-state index contributed by atoms with van der Waals surface area (Å²) in [7, 11) is 0. The largest absolute Gasteiger partial charge is 0.381 e. The van der Waals surface area contributed by atoms with Gasteiger partial charge >= 0.3 is 0 Å². The Kier molecular flexibility index (Phi) is 25.1. The zero-order valence-corrected chi connectivity index (χ0v) is 25.8. The van der Waals surface area contributed by atoms with Crippen molar-refractivity contribution >= 4 is 11.7 Å². The first-order valence-electron chi connectivity index (χ1n) is 14.4. The van der Waals surface area contributed by atoms with Crippen LogP contribution < -0.4 is 0 Å².